The van der Waals surface area contributed by atoms with E-state index in [0.29, 0.717) is 23.6 Å². The van der Waals surface area contributed by atoms with Crippen molar-refractivity contribution in [3.05, 3.63) is 65.9 Å². The second-order valence-corrected chi connectivity index (χ2v) is 10.5. The summed E-state index contributed by atoms with van der Waals surface area (Å²) in [7, 11) is -1.21. The lowest BCUT2D eigenvalue weighted by molar-refractivity contribution is 0.139. The number of nitrogens with one attached hydrogen (secondary N) is 2. The van der Waals surface area contributed by atoms with Crippen molar-refractivity contribution in [1.82, 2.24) is 25.3 Å². The van der Waals surface area contributed by atoms with E-state index in [9.17, 15) is 9.32 Å². The smallest absolute Gasteiger partial charge is 0.131 e. The Hall–Kier alpha value is -2.52. The molecule has 8 heteroatoms. The van der Waals surface area contributed by atoms with Gasteiger partial charge in [-0.15, -0.1) is 0 Å². The SMILES string of the molecule is C[C@H]1CN(Cc2cccc(-c3ccnn3CNCCc3ccc(O)c(S(C)=O)c3)c2)[C@@H](C)CN1. The average molecular weight is 482 g/mol. The van der Waals surface area contributed by atoms with E-state index in [-0.39, 0.29) is 5.75 Å². The summed E-state index contributed by atoms with van der Waals surface area (Å²) in [5, 5.41) is 21.4. The van der Waals surface area contributed by atoms with E-state index in [0.717, 1.165) is 43.9 Å². The molecule has 2 aromatic carbocycles. The van der Waals surface area contributed by atoms with Gasteiger partial charge in [0.05, 0.1) is 28.1 Å². The van der Waals surface area contributed by atoms with Crippen molar-refractivity contribution >= 4 is 10.8 Å². The molecule has 7 nitrogen and oxygen atoms in total. The number of benzene rings is 2. The van der Waals surface area contributed by atoms with Gasteiger partial charge < -0.3 is 10.4 Å². The van der Waals surface area contributed by atoms with E-state index in [4.69, 9.17) is 0 Å². The number of rotatable bonds is 9. The lowest BCUT2D eigenvalue weighted by Gasteiger charge is -2.37. The molecule has 1 saturated heterocycles. The van der Waals surface area contributed by atoms with Crippen LogP contribution in [0.3, 0.4) is 0 Å². The number of aromatic hydroxyl groups is 1. The first-order chi connectivity index (χ1) is 16.4. The summed E-state index contributed by atoms with van der Waals surface area (Å²) < 4.78 is 13.7. The average Bonchev–Trinajstić information content (AvgIpc) is 3.29. The Morgan fingerprint density at radius 1 is 1.18 bits per heavy atom. The zero-order chi connectivity index (χ0) is 24.1. The molecular formula is C26H35N5O2S. The molecule has 1 aliphatic rings. The summed E-state index contributed by atoms with van der Waals surface area (Å²) in [6, 6.07) is 17.2. The molecule has 2 heterocycles. The second kappa shape index (κ2) is 11.3. The van der Waals surface area contributed by atoms with Crippen molar-refractivity contribution in [2.24, 2.45) is 0 Å². The van der Waals surface area contributed by atoms with Crippen molar-refractivity contribution in [3.8, 4) is 17.0 Å². The second-order valence-electron chi connectivity index (χ2n) is 9.17. The molecule has 0 saturated carbocycles. The van der Waals surface area contributed by atoms with Gasteiger partial charge in [0.25, 0.3) is 0 Å². The molecule has 0 radical (unpaired) electrons. The first kappa shape index (κ1) is 24.6. The first-order valence-electron chi connectivity index (χ1n) is 11.9. The van der Waals surface area contributed by atoms with Gasteiger partial charge in [0.2, 0.25) is 0 Å². The van der Waals surface area contributed by atoms with E-state index < -0.39 is 10.8 Å². The summed E-state index contributed by atoms with van der Waals surface area (Å²) >= 11 is 0. The minimum atomic E-state index is -1.21. The van der Waals surface area contributed by atoms with Crippen LogP contribution in [0.5, 0.6) is 5.75 Å². The highest BCUT2D eigenvalue weighted by atomic mass is 32.2. The maximum Gasteiger partial charge on any atom is 0.131 e. The van der Waals surface area contributed by atoms with Gasteiger partial charge in [0.15, 0.2) is 0 Å². The summed E-state index contributed by atoms with van der Waals surface area (Å²) in [5.74, 6) is 0.0851. The minimum Gasteiger partial charge on any atom is -0.507 e. The number of phenols is 1. The van der Waals surface area contributed by atoms with Gasteiger partial charge in [-0.1, -0.05) is 24.3 Å². The van der Waals surface area contributed by atoms with Crippen LogP contribution in [0.2, 0.25) is 0 Å². The van der Waals surface area contributed by atoms with Gasteiger partial charge in [-0.2, -0.15) is 5.10 Å². The van der Waals surface area contributed by atoms with Gasteiger partial charge in [-0.05, 0) is 55.7 Å². The number of phenolic OH excluding ortho intramolecular Hbond substituents is 1. The van der Waals surface area contributed by atoms with Crippen LogP contribution < -0.4 is 10.6 Å². The molecule has 3 N–H and O–H groups in total. The van der Waals surface area contributed by atoms with Gasteiger partial charge in [-0.25, -0.2) is 0 Å². The Morgan fingerprint density at radius 2 is 2.03 bits per heavy atom. The number of piperazine rings is 1. The fraction of sp³-hybridized carbons (Fsp3) is 0.423. The molecule has 0 bridgehead atoms. The van der Waals surface area contributed by atoms with E-state index in [1.54, 1.807) is 12.3 Å². The third kappa shape index (κ3) is 6.13. The molecule has 0 amide bonds. The van der Waals surface area contributed by atoms with Gasteiger partial charge in [-0.3, -0.25) is 19.1 Å². The summed E-state index contributed by atoms with van der Waals surface area (Å²) in [4.78, 5) is 3.03. The largest absolute Gasteiger partial charge is 0.507 e. The lowest BCUT2D eigenvalue weighted by atomic mass is 10.1. The van der Waals surface area contributed by atoms with Crippen molar-refractivity contribution < 1.29 is 9.32 Å². The van der Waals surface area contributed by atoms with Crippen LogP contribution in [-0.4, -0.2) is 62.0 Å². The molecule has 3 aromatic rings. The molecule has 1 aliphatic heterocycles. The molecule has 34 heavy (non-hydrogen) atoms. The van der Waals surface area contributed by atoms with E-state index in [1.165, 1.54) is 11.1 Å². The Kier molecular flexibility index (Phi) is 8.15. The minimum absolute atomic E-state index is 0.0851. The Balaban J connectivity index is 1.36. The van der Waals surface area contributed by atoms with E-state index >= 15 is 0 Å². The van der Waals surface area contributed by atoms with Crippen molar-refractivity contribution in [1.29, 1.82) is 0 Å². The van der Waals surface area contributed by atoms with Crippen molar-refractivity contribution in [2.45, 2.75) is 50.5 Å². The highest BCUT2D eigenvalue weighted by Crippen LogP contribution is 2.23. The quantitative estimate of drug-likeness (QED) is 0.408. The molecule has 1 unspecified atom stereocenters. The zero-order valence-corrected chi connectivity index (χ0v) is 21.0. The first-order valence-corrected chi connectivity index (χ1v) is 13.4. The van der Waals surface area contributed by atoms with E-state index in [1.807, 2.05) is 23.0 Å². The molecular weight excluding hydrogens is 446 g/mol. The Bertz CT molecular complexity index is 1130. The normalized spacial score (nSPS) is 19.9. The summed E-state index contributed by atoms with van der Waals surface area (Å²) in [5.41, 5.74) is 4.61. The maximum atomic E-state index is 11.8. The van der Waals surface area contributed by atoms with E-state index in [2.05, 4.69) is 64.8 Å². The van der Waals surface area contributed by atoms with Crippen LogP contribution in [0, 0.1) is 0 Å². The fourth-order valence-electron chi connectivity index (χ4n) is 4.45. The van der Waals surface area contributed by atoms with Crippen LogP contribution in [0.4, 0.5) is 0 Å². The Morgan fingerprint density at radius 3 is 2.85 bits per heavy atom. The fourth-order valence-corrected chi connectivity index (χ4v) is 5.13. The number of nitrogens with zero attached hydrogens (tertiary/aromatic N) is 3. The highest BCUT2D eigenvalue weighted by Gasteiger charge is 2.22. The predicted molar refractivity (Wildman–Crippen MR) is 137 cm³/mol. The zero-order valence-electron chi connectivity index (χ0n) is 20.2. The molecule has 3 atom stereocenters. The third-order valence-electron chi connectivity index (χ3n) is 6.40. The monoisotopic (exact) mass is 481 g/mol. The third-order valence-corrected chi connectivity index (χ3v) is 7.35. The molecule has 4 rings (SSSR count). The number of hydrogen-bond donors (Lipinski definition) is 3. The topological polar surface area (TPSA) is 82.4 Å². The van der Waals surface area contributed by atoms with Crippen LogP contribution in [0.1, 0.15) is 25.0 Å². The van der Waals surface area contributed by atoms with Gasteiger partial charge in [0, 0.05) is 56.3 Å². The van der Waals surface area contributed by atoms with Crippen molar-refractivity contribution in [2.75, 3.05) is 25.9 Å². The predicted octanol–water partition coefficient (Wildman–Crippen LogP) is 2.97. The molecule has 182 valence electrons. The highest BCUT2D eigenvalue weighted by molar-refractivity contribution is 7.84. The number of aromatic nitrogens is 2. The van der Waals surface area contributed by atoms with Crippen LogP contribution >= 0.6 is 0 Å². The molecule has 0 aliphatic carbocycles. The van der Waals surface area contributed by atoms with Crippen LogP contribution in [0.15, 0.2) is 59.6 Å². The molecule has 1 aromatic heterocycles. The molecule has 1 fully saturated rings. The number of hydrogen-bond acceptors (Lipinski definition) is 6. The summed E-state index contributed by atoms with van der Waals surface area (Å²) in [6.07, 6.45) is 4.20. The van der Waals surface area contributed by atoms with Crippen LogP contribution in [-0.2, 0) is 30.4 Å². The maximum absolute atomic E-state index is 11.8. The van der Waals surface area contributed by atoms with Crippen molar-refractivity contribution in [3.63, 3.8) is 0 Å². The Labute approximate surface area is 204 Å². The van der Waals surface area contributed by atoms with Gasteiger partial charge in [0.1, 0.15) is 5.75 Å². The van der Waals surface area contributed by atoms with Crippen LogP contribution in [0.25, 0.3) is 11.3 Å². The summed E-state index contributed by atoms with van der Waals surface area (Å²) in [6.45, 7) is 8.91. The lowest BCUT2D eigenvalue weighted by Crippen LogP contribution is -2.53. The molecule has 0 spiro atoms. The standard InChI is InChI=1S/C26H35N5O2S/c1-19-16-30(20(2)15-28-19)17-22-5-4-6-23(13-22)24-10-12-29-31(24)18-27-11-9-21-7-8-25(32)26(14-21)34(3)33/h4-8,10,12-14,19-20,27-28,32H,9,11,15-18H2,1-3H3/t19-,20-,34?/m0/s1. The van der Waals surface area contributed by atoms with Gasteiger partial charge >= 0.3 is 0 Å².